The Bertz CT molecular complexity index is 898. The predicted molar refractivity (Wildman–Crippen MR) is 93.8 cm³/mol. The van der Waals surface area contributed by atoms with Gasteiger partial charge >= 0.3 is 5.97 Å². The lowest BCUT2D eigenvalue weighted by Crippen LogP contribution is -2.22. The number of amides is 1. The summed E-state index contributed by atoms with van der Waals surface area (Å²) in [7, 11) is 0. The number of nitrogen functional groups attached to an aromatic ring is 1. The summed E-state index contributed by atoms with van der Waals surface area (Å²) in [6.45, 7) is 2.28. The third-order valence-corrected chi connectivity index (χ3v) is 3.68. The molecule has 0 aliphatic carbocycles. The molecule has 1 aromatic carbocycles. The van der Waals surface area contributed by atoms with E-state index in [1.165, 1.54) is 10.9 Å². The highest BCUT2D eigenvalue weighted by molar-refractivity contribution is 5.95. The van der Waals surface area contributed by atoms with Crippen LogP contribution < -0.4 is 11.1 Å². The number of carbonyl (C=O) groups is 2. The summed E-state index contributed by atoms with van der Waals surface area (Å²) in [6, 6.07) is 10.2. The number of nitrogens with two attached hydrogens (primary N) is 1. The third kappa shape index (κ3) is 3.59. The van der Waals surface area contributed by atoms with Gasteiger partial charge in [-0.25, -0.2) is 9.48 Å². The topological polar surface area (TPSA) is 112 Å². The Morgan fingerprint density at radius 3 is 2.69 bits per heavy atom. The van der Waals surface area contributed by atoms with Crippen molar-refractivity contribution in [3.05, 3.63) is 65.7 Å². The number of benzene rings is 1. The lowest BCUT2D eigenvalue weighted by atomic mass is 10.2. The lowest BCUT2D eigenvalue weighted by Gasteiger charge is -2.07. The zero-order valence-electron chi connectivity index (χ0n) is 14.1. The first-order valence-corrected chi connectivity index (χ1v) is 8.01. The number of nitrogens with one attached hydrogen (secondary N) is 1. The van der Waals surface area contributed by atoms with E-state index >= 15 is 0 Å². The molecule has 26 heavy (non-hydrogen) atoms. The third-order valence-electron chi connectivity index (χ3n) is 3.68. The van der Waals surface area contributed by atoms with E-state index in [1.54, 1.807) is 49.6 Å². The Hall–Kier alpha value is -3.55. The van der Waals surface area contributed by atoms with Crippen LogP contribution in [0.15, 0.2) is 53.3 Å². The number of ether oxygens (including phenoxy) is 1. The van der Waals surface area contributed by atoms with Crippen LogP contribution in [0.1, 0.15) is 33.4 Å². The van der Waals surface area contributed by atoms with Gasteiger partial charge in [-0.2, -0.15) is 5.10 Å². The molecule has 0 atom stereocenters. The molecule has 8 heteroatoms. The van der Waals surface area contributed by atoms with Gasteiger partial charge in [0.15, 0.2) is 0 Å². The van der Waals surface area contributed by atoms with Crippen LogP contribution in [0.3, 0.4) is 0 Å². The van der Waals surface area contributed by atoms with Gasteiger partial charge in [0.2, 0.25) is 0 Å². The van der Waals surface area contributed by atoms with Crippen molar-refractivity contribution in [3.63, 3.8) is 0 Å². The van der Waals surface area contributed by atoms with Crippen molar-refractivity contribution in [2.24, 2.45) is 0 Å². The fraction of sp³-hybridized carbons (Fsp3) is 0.167. The molecule has 0 unspecified atom stereocenters. The molecular weight excluding hydrogens is 336 g/mol. The number of furan rings is 1. The maximum Gasteiger partial charge on any atom is 0.343 e. The number of hydrogen-bond donors (Lipinski definition) is 2. The second-order valence-corrected chi connectivity index (χ2v) is 5.38. The molecule has 8 nitrogen and oxygen atoms in total. The Balaban J connectivity index is 1.71. The molecule has 3 rings (SSSR count). The molecule has 0 saturated carbocycles. The van der Waals surface area contributed by atoms with Crippen LogP contribution in [-0.4, -0.2) is 28.3 Å². The predicted octanol–water partition coefficient (Wildman–Crippen LogP) is 2.15. The fourth-order valence-corrected chi connectivity index (χ4v) is 2.37. The standard InChI is InChI=1S/C18H18N4O4/c1-2-25-18(24)15-11-21-22(16(15)19)13-7-5-12(6-8-13)17(23)20-10-14-4-3-9-26-14/h3-9,11H,2,10,19H2,1H3,(H,20,23). The van der Waals surface area contributed by atoms with Crippen LogP contribution in [0.25, 0.3) is 5.69 Å². The zero-order chi connectivity index (χ0) is 18.5. The average Bonchev–Trinajstić information content (AvgIpc) is 3.29. The number of anilines is 1. The molecule has 2 aromatic heterocycles. The second kappa shape index (κ2) is 7.56. The minimum absolute atomic E-state index is 0.179. The molecular formula is C18H18N4O4. The van der Waals surface area contributed by atoms with Crippen LogP contribution in [0.5, 0.6) is 0 Å². The zero-order valence-corrected chi connectivity index (χ0v) is 14.1. The summed E-state index contributed by atoms with van der Waals surface area (Å²) >= 11 is 0. The number of nitrogens with zero attached hydrogens (tertiary/aromatic N) is 2. The van der Waals surface area contributed by atoms with Crippen LogP contribution in [0.4, 0.5) is 5.82 Å². The summed E-state index contributed by atoms with van der Waals surface area (Å²) < 4.78 is 11.5. The van der Waals surface area contributed by atoms with E-state index < -0.39 is 5.97 Å². The van der Waals surface area contributed by atoms with Gasteiger partial charge in [-0.15, -0.1) is 0 Å². The summed E-state index contributed by atoms with van der Waals surface area (Å²) in [5, 5.41) is 6.88. The van der Waals surface area contributed by atoms with Crippen molar-refractivity contribution < 1.29 is 18.7 Å². The highest BCUT2D eigenvalue weighted by atomic mass is 16.5. The van der Waals surface area contributed by atoms with Crippen LogP contribution >= 0.6 is 0 Å². The molecule has 1 amide bonds. The maximum absolute atomic E-state index is 12.2. The molecule has 0 spiro atoms. The molecule has 3 aromatic rings. The number of aromatic nitrogens is 2. The van der Waals surface area contributed by atoms with E-state index in [4.69, 9.17) is 14.9 Å². The number of rotatable bonds is 6. The van der Waals surface area contributed by atoms with E-state index in [2.05, 4.69) is 10.4 Å². The number of hydrogen-bond acceptors (Lipinski definition) is 6. The normalized spacial score (nSPS) is 10.5. The van der Waals surface area contributed by atoms with E-state index in [1.807, 2.05) is 0 Å². The van der Waals surface area contributed by atoms with Crippen LogP contribution in [0.2, 0.25) is 0 Å². The Kier molecular flexibility index (Phi) is 5.02. The molecule has 0 bridgehead atoms. The SMILES string of the molecule is CCOC(=O)c1cnn(-c2ccc(C(=O)NCc3ccco3)cc2)c1N. The van der Waals surface area contributed by atoms with Crippen LogP contribution in [0, 0.1) is 0 Å². The van der Waals surface area contributed by atoms with Crippen molar-refractivity contribution in [3.8, 4) is 5.69 Å². The minimum atomic E-state index is -0.523. The molecule has 0 aliphatic heterocycles. The van der Waals surface area contributed by atoms with E-state index in [-0.39, 0.29) is 23.9 Å². The van der Waals surface area contributed by atoms with Crippen molar-refractivity contribution in [2.75, 3.05) is 12.3 Å². The van der Waals surface area contributed by atoms with Crippen molar-refractivity contribution >= 4 is 17.7 Å². The highest BCUT2D eigenvalue weighted by Gasteiger charge is 2.17. The quantitative estimate of drug-likeness (QED) is 0.656. The monoisotopic (exact) mass is 354 g/mol. The summed E-state index contributed by atoms with van der Waals surface area (Å²) in [5.74, 6) is 0.100. The summed E-state index contributed by atoms with van der Waals surface area (Å²) in [4.78, 5) is 24.0. The molecule has 0 aliphatic rings. The first-order valence-electron chi connectivity index (χ1n) is 8.01. The Morgan fingerprint density at radius 2 is 2.04 bits per heavy atom. The molecule has 134 valence electrons. The Labute approximate surface area is 149 Å². The van der Waals surface area contributed by atoms with Gasteiger partial charge in [0.1, 0.15) is 17.1 Å². The van der Waals surface area contributed by atoms with E-state index in [0.29, 0.717) is 23.6 Å². The van der Waals surface area contributed by atoms with E-state index in [0.717, 1.165) is 0 Å². The number of esters is 1. The van der Waals surface area contributed by atoms with Gasteiger partial charge in [0, 0.05) is 5.56 Å². The summed E-state index contributed by atoms with van der Waals surface area (Å²) in [5.41, 5.74) is 7.29. The van der Waals surface area contributed by atoms with Gasteiger partial charge in [-0.1, -0.05) is 0 Å². The fourth-order valence-electron chi connectivity index (χ4n) is 2.37. The first kappa shape index (κ1) is 17.3. The minimum Gasteiger partial charge on any atom is -0.467 e. The molecule has 3 N–H and O–H groups in total. The van der Waals surface area contributed by atoms with Crippen LogP contribution in [-0.2, 0) is 11.3 Å². The Morgan fingerprint density at radius 1 is 1.27 bits per heavy atom. The van der Waals surface area contributed by atoms with E-state index in [9.17, 15) is 9.59 Å². The van der Waals surface area contributed by atoms with Crippen molar-refractivity contribution in [1.29, 1.82) is 0 Å². The molecule has 0 saturated heterocycles. The molecule has 2 heterocycles. The van der Waals surface area contributed by atoms with Gasteiger partial charge in [0.25, 0.3) is 5.91 Å². The smallest absolute Gasteiger partial charge is 0.343 e. The van der Waals surface area contributed by atoms with Gasteiger partial charge in [0.05, 0.1) is 31.3 Å². The second-order valence-electron chi connectivity index (χ2n) is 5.38. The first-order chi connectivity index (χ1) is 12.6. The van der Waals surface area contributed by atoms with Crippen molar-refractivity contribution in [1.82, 2.24) is 15.1 Å². The number of carbonyl (C=O) groups excluding carboxylic acids is 2. The van der Waals surface area contributed by atoms with Gasteiger partial charge in [-0.05, 0) is 43.3 Å². The highest BCUT2D eigenvalue weighted by Crippen LogP contribution is 2.18. The maximum atomic E-state index is 12.2. The molecule has 0 fully saturated rings. The van der Waals surface area contributed by atoms with Gasteiger partial charge in [-0.3, -0.25) is 4.79 Å². The average molecular weight is 354 g/mol. The van der Waals surface area contributed by atoms with Crippen molar-refractivity contribution in [2.45, 2.75) is 13.5 Å². The summed E-state index contributed by atoms with van der Waals surface area (Å²) in [6.07, 6.45) is 2.91. The molecule has 0 radical (unpaired) electrons. The van der Waals surface area contributed by atoms with Gasteiger partial charge < -0.3 is 20.2 Å². The lowest BCUT2D eigenvalue weighted by molar-refractivity contribution is 0.0527. The largest absolute Gasteiger partial charge is 0.467 e.